The van der Waals surface area contributed by atoms with Crippen molar-refractivity contribution in [2.24, 2.45) is 0 Å². The summed E-state index contributed by atoms with van der Waals surface area (Å²) in [6, 6.07) is 0. The number of hydrogen-bond acceptors (Lipinski definition) is 5. The number of rotatable bonds is 5. The average molecular weight is 315 g/mol. The first-order chi connectivity index (χ1) is 8.30. The van der Waals surface area contributed by atoms with E-state index in [0.717, 1.165) is 6.08 Å². The van der Waals surface area contributed by atoms with Gasteiger partial charge in [0.05, 0.1) is 15.9 Å². The number of hydrogen-bond donors (Lipinski definition) is 2. The zero-order valence-electron chi connectivity index (χ0n) is 12.1. The van der Waals surface area contributed by atoms with E-state index in [4.69, 9.17) is 5.11 Å². The monoisotopic (exact) mass is 315 g/mol. The van der Waals surface area contributed by atoms with Gasteiger partial charge in [0.1, 0.15) is 0 Å². The molecule has 0 aliphatic rings. The molecule has 20 heavy (non-hydrogen) atoms. The van der Waals surface area contributed by atoms with E-state index in [-0.39, 0.29) is 35.1 Å². The Morgan fingerprint density at radius 2 is 1.75 bits per heavy atom. The first-order valence-electron chi connectivity index (χ1n) is 5.07. The number of carbonyl (C=O) groups is 2. The van der Waals surface area contributed by atoms with Crippen molar-refractivity contribution in [2.45, 2.75) is 26.3 Å². The molecule has 0 fully saturated rings. The molecule has 0 aliphatic heterocycles. The van der Waals surface area contributed by atoms with E-state index < -0.39 is 33.3 Å². The zero-order chi connectivity index (χ0) is 15.9. The minimum absolute atomic E-state index is 0. The maximum atomic E-state index is 10.8. The van der Waals surface area contributed by atoms with Gasteiger partial charge in [0.2, 0.25) is 5.91 Å². The van der Waals surface area contributed by atoms with Crippen molar-refractivity contribution in [1.82, 2.24) is 5.32 Å². The second-order valence-electron chi connectivity index (χ2n) is 4.36. The molecule has 2 N–H and O–H groups in total. The normalized spacial score (nSPS) is 10.2. The Hall–Kier alpha value is -0.670. The van der Waals surface area contributed by atoms with Crippen molar-refractivity contribution < 1.29 is 57.2 Å². The van der Waals surface area contributed by atoms with Crippen LogP contribution in [0.15, 0.2) is 24.8 Å². The summed E-state index contributed by atoms with van der Waals surface area (Å²) in [6.07, 6.45) is 1.01. The number of aliphatic carboxylic acids is 1. The van der Waals surface area contributed by atoms with Gasteiger partial charge in [-0.05, 0) is 26.8 Å². The van der Waals surface area contributed by atoms with Crippen LogP contribution >= 0.6 is 0 Å². The van der Waals surface area contributed by atoms with E-state index in [1.54, 1.807) is 0 Å². The Balaban J connectivity index is -0.000000352. The van der Waals surface area contributed by atoms with Crippen LogP contribution < -0.4 is 34.9 Å². The average Bonchev–Trinajstić information content (AvgIpc) is 2.13. The molecule has 0 aliphatic carbocycles. The summed E-state index contributed by atoms with van der Waals surface area (Å²) in [5.74, 6) is -2.08. The third-order valence-electron chi connectivity index (χ3n) is 1.55. The van der Waals surface area contributed by atoms with Gasteiger partial charge in [0.15, 0.2) is 0 Å². The van der Waals surface area contributed by atoms with Crippen molar-refractivity contribution >= 4 is 22.0 Å². The van der Waals surface area contributed by atoms with Gasteiger partial charge < -0.3 is 15.0 Å². The van der Waals surface area contributed by atoms with Crippen LogP contribution in [0.5, 0.6) is 0 Å². The largest absolute Gasteiger partial charge is 1.00 e. The van der Waals surface area contributed by atoms with Gasteiger partial charge in [-0.15, -0.1) is 0 Å². The number of carboxylic acid groups (broad SMARTS) is 1. The molecule has 110 valence electrons. The van der Waals surface area contributed by atoms with Gasteiger partial charge in [0.25, 0.3) is 0 Å². The standard InChI is InChI=1S/C7H13NO4S.C4H6O2.Na/c1-4-6(9)8-7(2,3)5-13(10,11)12;1-3(2)4(5)6;/h4H,1,5H2,2-3H3,(H,8,9)(H,10,11,12);1H2,2H3,(H,5,6);/q;;+1/p-1. The van der Waals surface area contributed by atoms with E-state index in [1.165, 1.54) is 20.8 Å². The number of carbonyl (C=O) groups excluding carboxylic acids is 1. The first kappa shape index (κ1) is 24.4. The molecule has 0 aromatic carbocycles. The van der Waals surface area contributed by atoms with Crippen LogP contribution in [0.25, 0.3) is 0 Å². The van der Waals surface area contributed by atoms with E-state index >= 15 is 0 Å². The fourth-order valence-corrected chi connectivity index (χ4v) is 1.82. The molecule has 9 heteroatoms. The summed E-state index contributed by atoms with van der Waals surface area (Å²) in [4.78, 5) is 20.4. The SMILES string of the molecule is C=C(C)C(=O)O.C=CC(=O)NC(C)(C)CS(=O)(=O)[O-].[Na+]. The molecule has 0 radical (unpaired) electrons. The summed E-state index contributed by atoms with van der Waals surface area (Å²) in [5.41, 5.74) is -0.888. The van der Waals surface area contributed by atoms with Crippen LogP contribution in [0.4, 0.5) is 0 Å². The summed E-state index contributed by atoms with van der Waals surface area (Å²) in [7, 11) is -4.33. The van der Waals surface area contributed by atoms with Crippen molar-refractivity contribution in [3.05, 3.63) is 24.8 Å². The van der Waals surface area contributed by atoms with E-state index in [9.17, 15) is 22.6 Å². The molecule has 0 saturated carbocycles. The number of carboxylic acids is 1. The number of amides is 1. The molecule has 7 nitrogen and oxygen atoms in total. The van der Waals surface area contributed by atoms with E-state index in [2.05, 4.69) is 18.5 Å². The fraction of sp³-hybridized carbons (Fsp3) is 0.455. The predicted molar refractivity (Wildman–Crippen MR) is 69.4 cm³/mol. The van der Waals surface area contributed by atoms with Crippen molar-refractivity contribution in [3.8, 4) is 0 Å². The molecule has 0 aromatic rings. The van der Waals surface area contributed by atoms with Gasteiger partial charge in [0, 0.05) is 11.1 Å². The third-order valence-corrected chi connectivity index (χ3v) is 2.62. The molecular weight excluding hydrogens is 297 g/mol. The predicted octanol–water partition coefficient (Wildman–Crippen LogP) is -2.74. The molecule has 0 rings (SSSR count). The number of nitrogens with one attached hydrogen (secondary N) is 1. The minimum atomic E-state index is -4.33. The first-order valence-corrected chi connectivity index (χ1v) is 6.65. The van der Waals surface area contributed by atoms with Gasteiger partial charge in [-0.25, -0.2) is 13.2 Å². The topological polar surface area (TPSA) is 124 Å². The van der Waals surface area contributed by atoms with Crippen LogP contribution in [-0.2, 0) is 19.7 Å². The zero-order valence-corrected chi connectivity index (χ0v) is 14.9. The Bertz CT molecular complexity index is 457. The molecule has 0 heterocycles. The van der Waals surface area contributed by atoms with Crippen molar-refractivity contribution in [1.29, 1.82) is 0 Å². The Labute approximate surface area is 141 Å². The van der Waals surface area contributed by atoms with Crippen molar-refractivity contribution in [3.63, 3.8) is 0 Å². The van der Waals surface area contributed by atoms with E-state index in [0.29, 0.717) is 0 Å². The van der Waals surface area contributed by atoms with Crippen molar-refractivity contribution in [2.75, 3.05) is 5.75 Å². The Morgan fingerprint density at radius 1 is 1.40 bits per heavy atom. The molecule has 0 bridgehead atoms. The van der Waals surface area contributed by atoms with Gasteiger partial charge in [-0.2, -0.15) is 0 Å². The van der Waals surface area contributed by atoms with Crippen LogP contribution in [0.3, 0.4) is 0 Å². The summed E-state index contributed by atoms with van der Waals surface area (Å²) < 4.78 is 31.2. The molecule has 0 spiro atoms. The summed E-state index contributed by atoms with van der Waals surface area (Å²) >= 11 is 0. The minimum Gasteiger partial charge on any atom is -0.748 e. The van der Waals surface area contributed by atoms with Gasteiger partial charge >= 0.3 is 35.5 Å². The fourth-order valence-electron chi connectivity index (χ4n) is 0.863. The smallest absolute Gasteiger partial charge is 0.748 e. The maximum Gasteiger partial charge on any atom is 1.00 e. The molecule has 0 aromatic heterocycles. The summed E-state index contributed by atoms with van der Waals surface area (Å²) in [5, 5.41) is 10.2. The molecule has 0 saturated heterocycles. The molecule has 0 atom stereocenters. The van der Waals surface area contributed by atoms with Crippen LogP contribution in [0, 0.1) is 0 Å². The Kier molecular flexibility index (Phi) is 12.3. The quantitative estimate of drug-likeness (QED) is 0.322. The second kappa shape index (κ2) is 10.1. The van der Waals surface area contributed by atoms with Gasteiger partial charge in [-0.1, -0.05) is 13.2 Å². The molecule has 0 unspecified atom stereocenters. The third kappa shape index (κ3) is 17.3. The molecular formula is C11H18NNaO6S. The summed E-state index contributed by atoms with van der Waals surface area (Å²) in [6.45, 7) is 10.7. The van der Waals surface area contributed by atoms with Crippen LogP contribution in [-0.4, -0.2) is 41.2 Å². The maximum absolute atomic E-state index is 10.8. The van der Waals surface area contributed by atoms with Crippen LogP contribution in [0.2, 0.25) is 0 Å². The van der Waals surface area contributed by atoms with Crippen LogP contribution in [0.1, 0.15) is 20.8 Å². The second-order valence-corrected chi connectivity index (χ2v) is 5.77. The van der Waals surface area contributed by atoms with E-state index in [1.807, 2.05) is 0 Å². The van der Waals surface area contributed by atoms with Gasteiger partial charge in [-0.3, -0.25) is 4.79 Å². The molecule has 1 amide bonds. The Morgan fingerprint density at radius 3 is 1.95 bits per heavy atom.